The molecule has 8 N–H and O–H groups in total. The van der Waals surface area contributed by atoms with Gasteiger partial charge in [-0.1, -0.05) is 32.0 Å². The van der Waals surface area contributed by atoms with E-state index in [1.165, 1.54) is 25.2 Å². The molecule has 0 aliphatic carbocycles. The topological polar surface area (TPSA) is 219 Å². The molecule has 1 aliphatic heterocycles. The SMILES string of the molecule is Cc1ccsc1C(=O)N[C@H]1Cc2c([nH]c3ccccc23)SC[C@@H](C(=O)O)NC(=O)[C@H]([C@@H](C)O)NC(=O)[C@@H](C)NC(=O)[C@H](CC(C)C)NC1=O. The smallest absolute Gasteiger partial charge is 0.327 e. The van der Waals surface area contributed by atoms with E-state index in [-0.39, 0.29) is 24.5 Å². The minimum Gasteiger partial charge on any atom is -0.480 e. The van der Waals surface area contributed by atoms with Crippen molar-refractivity contribution in [1.29, 1.82) is 0 Å². The molecule has 14 nitrogen and oxygen atoms in total. The number of carbonyl (C=O) groups is 6. The van der Waals surface area contributed by atoms with Crippen molar-refractivity contribution in [3.63, 3.8) is 0 Å². The van der Waals surface area contributed by atoms with Gasteiger partial charge in [-0.05, 0) is 61.7 Å². The first-order chi connectivity index (χ1) is 23.2. The number of amides is 5. The molecule has 1 aliphatic rings. The first-order valence-electron chi connectivity index (χ1n) is 15.9. The van der Waals surface area contributed by atoms with Crippen LogP contribution in [0.15, 0.2) is 40.7 Å². The Morgan fingerprint density at radius 2 is 1.67 bits per heavy atom. The highest BCUT2D eigenvalue weighted by Gasteiger charge is 2.34. The summed E-state index contributed by atoms with van der Waals surface area (Å²) >= 11 is 2.32. The zero-order chi connectivity index (χ0) is 36.0. The second-order valence-corrected chi connectivity index (χ2v) is 14.4. The van der Waals surface area contributed by atoms with Crippen LogP contribution >= 0.6 is 23.1 Å². The van der Waals surface area contributed by atoms with Crippen LogP contribution < -0.4 is 26.6 Å². The van der Waals surface area contributed by atoms with E-state index in [0.717, 1.165) is 22.7 Å². The van der Waals surface area contributed by atoms with Gasteiger partial charge >= 0.3 is 5.97 Å². The van der Waals surface area contributed by atoms with Gasteiger partial charge in [0.15, 0.2) is 0 Å². The van der Waals surface area contributed by atoms with Crippen molar-refractivity contribution in [1.82, 2.24) is 31.6 Å². The van der Waals surface area contributed by atoms with E-state index in [9.17, 15) is 39.0 Å². The molecule has 0 bridgehead atoms. The van der Waals surface area contributed by atoms with E-state index < -0.39 is 71.8 Å². The Hall–Kier alpha value is -4.41. The van der Waals surface area contributed by atoms with Crippen molar-refractivity contribution in [3.05, 3.63) is 51.7 Å². The van der Waals surface area contributed by atoms with Gasteiger partial charge in [-0.3, -0.25) is 24.0 Å². The number of benzene rings is 1. The molecular weight excluding hydrogens is 673 g/mol. The lowest BCUT2D eigenvalue weighted by atomic mass is 10.0. The van der Waals surface area contributed by atoms with Gasteiger partial charge in [0.25, 0.3) is 5.91 Å². The number of rotatable bonds is 6. The number of aliphatic carboxylic acids is 1. The largest absolute Gasteiger partial charge is 0.480 e. The average Bonchev–Trinajstić information content (AvgIpc) is 3.62. The zero-order valence-corrected chi connectivity index (χ0v) is 29.4. The number of nitrogens with one attached hydrogen (secondary N) is 6. The fourth-order valence-electron chi connectivity index (χ4n) is 5.38. The standard InChI is InChI=1S/C33H42N6O8S2/c1-15(2)12-22-28(42)34-17(4)27(41)39-25(18(5)40)30(44)37-24(33(46)47)14-49-32-20(19-8-6-7-9-21(19)38-32)13-23(29(43)35-22)36-31(45)26-16(3)10-11-48-26/h6-11,15,17-18,22-25,38,40H,12-14H2,1-5H3,(H,34,42)(H,35,43)(H,36,45)(H,37,44)(H,39,41)(H,46,47)/t17-,18-,22+,23+,24+,25+/m1/s1. The van der Waals surface area contributed by atoms with Crippen LogP contribution in [0.4, 0.5) is 0 Å². The number of carboxylic acid groups (broad SMARTS) is 1. The Labute approximate surface area is 291 Å². The third-order valence-electron chi connectivity index (χ3n) is 8.04. The number of H-pyrrole nitrogens is 1. The van der Waals surface area contributed by atoms with Gasteiger partial charge in [0.1, 0.15) is 30.2 Å². The van der Waals surface area contributed by atoms with Crippen LogP contribution in [-0.4, -0.2) is 92.8 Å². The number of thioether (sulfide) groups is 1. The molecular formula is C33H42N6O8S2. The highest BCUT2D eigenvalue weighted by molar-refractivity contribution is 7.99. The molecule has 0 fully saturated rings. The zero-order valence-electron chi connectivity index (χ0n) is 27.8. The van der Waals surface area contributed by atoms with Crippen LogP contribution in [0.2, 0.25) is 0 Å². The molecule has 0 unspecified atom stereocenters. The quantitative estimate of drug-likeness (QED) is 0.185. The number of carboxylic acids is 1. The number of carbonyl (C=O) groups excluding carboxylic acids is 5. The molecule has 49 heavy (non-hydrogen) atoms. The first-order valence-corrected chi connectivity index (χ1v) is 17.7. The maximum absolute atomic E-state index is 14.1. The van der Waals surface area contributed by atoms with E-state index in [0.29, 0.717) is 21.0 Å². The lowest BCUT2D eigenvalue weighted by molar-refractivity contribution is -0.142. The van der Waals surface area contributed by atoms with Crippen LogP contribution in [-0.2, 0) is 30.4 Å². The summed E-state index contributed by atoms with van der Waals surface area (Å²) in [6.07, 6.45) is -1.23. The van der Waals surface area contributed by atoms with Gasteiger partial charge in [-0.2, -0.15) is 0 Å². The predicted molar refractivity (Wildman–Crippen MR) is 185 cm³/mol. The van der Waals surface area contributed by atoms with E-state index >= 15 is 0 Å². The fourth-order valence-corrected chi connectivity index (χ4v) is 7.32. The van der Waals surface area contributed by atoms with Crippen molar-refractivity contribution in [2.45, 2.75) is 88.8 Å². The molecule has 0 spiro atoms. The molecule has 4 rings (SSSR count). The minimum absolute atomic E-state index is 0.0304. The maximum Gasteiger partial charge on any atom is 0.327 e. The molecule has 6 atom stereocenters. The fraction of sp³-hybridized carbons (Fsp3) is 0.455. The normalized spacial score (nSPS) is 23.7. The number of aliphatic hydroxyl groups excluding tert-OH is 1. The van der Waals surface area contributed by atoms with Crippen LogP contribution in [0.25, 0.3) is 10.9 Å². The highest BCUT2D eigenvalue weighted by atomic mass is 32.2. The van der Waals surface area contributed by atoms with Gasteiger partial charge in [-0.15, -0.1) is 23.1 Å². The van der Waals surface area contributed by atoms with Gasteiger partial charge in [0.05, 0.1) is 16.0 Å². The number of aryl methyl sites for hydroxylation is 1. The number of para-hydroxylation sites is 1. The van der Waals surface area contributed by atoms with Gasteiger partial charge < -0.3 is 41.8 Å². The van der Waals surface area contributed by atoms with Crippen LogP contribution in [0.3, 0.4) is 0 Å². The van der Waals surface area contributed by atoms with Crippen molar-refractivity contribution in [2.24, 2.45) is 5.92 Å². The summed E-state index contributed by atoms with van der Waals surface area (Å²) in [7, 11) is 0. The van der Waals surface area contributed by atoms with Gasteiger partial charge in [0.2, 0.25) is 23.6 Å². The van der Waals surface area contributed by atoms with Crippen molar-refractivity contribution in [3.8, 4) is 0 Å². The Morgan fingerprint density at radius 1 is 0.959 bits per heavy atom. The molecule has 0 saturated carbocycles. The highest BCUT2D eigenvalue weighted by Crippen LogP contribution is 2.32. The summed E-state index contributed by atoms with van der Waals surface area (Å²) in [4.78, 5) is 83.3. The number of fused-ring (bicyclic) bond motifs is 3. The third kappa shape index (κ3) is 9.39. The molecule has 0 saturated heterocycles. The number of hydrogen-bond donors (Lipinski definition) is 8. The molecule has 264 valence electrons. The van der Waals surface area contributed by atoms with Gasteiger partial charge in [0, 0.05) is 23.1 Å². The summed E-state index contributed by atoms with van der Waals surface area (Å²) < 4.78 is 0. The summed E-state index contributed by atoms with van der Waals surface area (Å²) in [5.41, 5.74) is 2.05. The number of hydrogen-bond acceptors (Lipinski definition) is 9. The second kappa shape index (κ2) is 16.3. The molecule has 5 amide bonds. The molecule has 3 aromatic rings. The number of aromatic nitrogens is 1. The summed E-state index contributed by atoms with van der Waals surface area (Å²) in [6, 6.07) is 2.63. The monoisotopic (exact) mass is 714 g/mol. The Bertz CT molecular complexity index is 1720. The molecule has 0 radical (unpaired) electrons. The Balaban J connectivity index is 1.80. The average molecular weight is 715 g/mol. The molecule has 1 aromatic carbocycles. The second-order valence-electron chi connectivity index (χ2n) is 12.5. The van der Waals surface area contributed by atoms with Crippen LogP contribution in [0.5, 0.6) is 0 Å². The summed E-state index contributed by atoms with van der Waals surface area (Å²) in [5.74, 6) is -5.08. The predicted octanol–water partition coefficient (Wildman–Crippen LogP) is 1.46. The van der Waals surface area contributed by atoms with Crippen molar-refractivity contribution < 1.29 is 39.0 Å². The van der Waals surface area contributed by atoms with Crippen LogP contribution in [0, 0.1) is 12.8 Å². The van der Waals surface area contributed by atoms with Gasteiger partial charge in [-0.25, -0.2) is 4.79 Å². The lowest BCUT2D eigenvalue weighted by Gasteiger charge is -2.27. The number of thiophene rings is 1. The minimum atomic E-state index is -1.52. The van der Waals surface area contributed by atoms with Crippen molar-refractivity contribution in [2.75, 3.05) is 5.75 Å². The molecule has 3 heterocycles. The lowest BCUT2D eigenvalue weighted by Crippen LogP contribution is -2.60. The molecule has 2 aromatic heterocycles. The summed E-state index contributed by atoms with van der Waals surface area (Å²) in [5, 5.41) is 36.3. The van der Waals surface area contributed by atoms with E-state index in [1.54, 1.807) is 18.4 Å². The Morgan fingerprint density at radius 3 is 2.31 bits per heavy atom. The summed E-state index contributed by atoms with van der Waals surface area (Å²) in [6.45, 7) is 8.16. The Kier molecular flexibility index (Phi) is 12.5. The van der Waals surface area contributed by atoms with E-state index in [1.807, 2.05) is 38.1 Å². The van der Waals surface area contributed by atoms with E-state index in [4.69, 9.17) is 0 Å². The van der Waals surface area contributed by atoms with Crippen LogP contribution in [0.1, 0.15) is 54.9 Å². The third-order valence-corrected chi connectivity index (χ3v) is 10.2. The van der Waals surface area contributed by atoms with E-state index in [2.05, 4.69) is 31.6 Å². The maximum atomic E-state index is 14.1. The molecule has 16 heteroatoms. The van der Waals surface area contributed by atoms with Crippen molar-refractivity contribution >= 4 is 69.5 Å². The number of aromatic amines is 1. The first kappa shape index (κ1) is 37.4. The number of aliphatic hydroxyl groups is 1.